The average Bonchev–Trinajstić information content (AvgIpc) is 2.77. The van der Waals surface area contributed by atoms with Crippen LogP contribution in [0.4, 0.5) is 0 Å². The van der Waals surface area contributed by atoms with Gasteiger partial charge in [0, 0.05) is 10.9 Å². The van der Waals surface area contributed by atoms with Gasteiger partial charge in [0.25, 0.3) is 5.91 Å². The van der Waals surface area contributed by atoms with Gasteiger partial charge in [-0.2, -0.15) is 0 Å². The van der Waals surface area contributed by atoms with Crippen molar-refractivity contribution in [3.05, 3.63) is 10.6 Å². The summed E-state index contributed by atoms with van der Waals surface area (Å²) in [7, 11) is 0. The third-order valence-electron chi connectivity index (χ3n) is 2.76. The average molecular weight is 320 g/mol. The van der Waals surface area contributed by atoms with Crippen LogP contribution in [0.5, 0.6) is 0 Å². The van der Waals surface area contributed by atoms with Gasteiger partial charge in [0.05, 0.1) is 5.69 Å². The Morgan fingerprint density at radius 1 is 1.59 bits per heavy atom. The number of amides is 1. The van der Waals surface area contributed by atoms with E-state index in [4.69, 9.17) is 0 Å². The molecule has 0 radical (unpaired) electrons. The summed E-state index contributed by atoms with van der Waals surface area (Å²) in [5.41, 5.74) is 0.551. The van der Waals surface area contributed by atoms with E-state index in [1.54, 1.807) is 0 Å². The van der Waals surface area contributed by atoms with Crippen LogP contribution in [0, 0.1) is 0 Å². The van der Waals surface area contributed by atoms with E-state index < -0.39 is 0 Å². The summed E-state index contributed by atoms with van der Waals surface area (Å²) in [6.45, 7) is 8.09. The highest BCUT2D eigenvalue weighted by molar-refractivity contribution is 9.09. The van der Waals surface area contributed by atoms with E-state index in [2.05, 4.69) is 37.8 Å². The van der Waals surface area contributed by atoms with Crippen molar-refractivity contribution in [3.63, 3.8) is 0 Å². The predicted molar refractivity (Wildman–Crippen MR) is 74.0 cm³/mol. The fourth-order valence-corrected chi connectivity index (χ4v) is 2.53. The van der Waals surface area contributed by atoms with E-state index in [9.17, 15) is 4.79 Å². The topological polar surface area (TPSA) is 54.9 Å². The van der Waals surface area contributed by atoms with E-state index in [1.165, 1.54) is 0 Å². The van der Waals surface area contributed by atoms with Gasteiger partial charge in [0.1, 0.15) is 4.88 Å². The lowest BCUT2D eigenvalue weighted by atomic mass is 10.0. The lowest BCUT2D eigenvalue weighted by Gasteiger charge is -2.27. The molecule has 0 aliphatic carbocycles. The highest BCUT2D eigenvalue weighted by Gasteiger charge is 2.26. The Hall–Kier alpha value is -0.490. The first-order chi connectivity index (χ1) is 7.93. The number of carbonyl (C=O) groups is 1. The molecule has 0 aromatic carbocycles. The lowest BCUT2D eigenvalue weighted by molar-refractivity contribution is 0.0916. The van der Waals surface area contributed by atoms with Crippen LogP contribution in [-0.4, -0.2) is 26.4 Å². The van der Waals surface area contributed by atoms with Crippen molar-refractivity contribution in [2.75, 3.05) is 5.33 Å². The Balaban J connectivity index is 2.87. The van der Waals surface area contributed by atoms with Crippen molar-refractivity contribution in [2.24, 2.45) is 0 Å². The molecule has 1 aromatic heterocycles. The van der Waals surface area contributed by atoms with Crippen LogP contribution in [0.25, 0.3) is 0 Å². The van der Waals surface area contributed by atoms with Crippen LogP contribution in [0.1, 0.15) is 55.4 Å². The molecule has 4 nitrogen and oxygen atoms in total. The largest absolute Gasteiger partial charge is 0.345 e. The molecule has 1 rings (SSSR count). The van der Waals surface area contributed by atoms with Gasteiger partial charge in [0.15, 0.2) is 0 Å². The van der Waals surface area contributed by atoms with Crippen molar-refractivity contribution in [3.8, 4) is 0 Å². The Kier molecular flexibility index (Phi) is 5.06. The Morgan fingerprint density at radius 2 is 2.24 bits per heavy atom. The third-order valence-corrected chi connectivity index (χ3v) is 4.73. The van der Waals surface area contributed by atoms with Gasteiger partial charge in [-0.25, -0.2) is 0 Å². The number of aromatic nitrogens is 2. The molecule has 6 heteroatoms. The van der Waals surface area contributed by atoms with Crippen LogP contribution in [0.3, 0.4) is 0 Å². The molecule has 1 atom stereocenters. The number of hydrogen-bond donors (Lipinski definition) is 1. The predicted octanol–water partition coefficient (Wildman–Crippen LogP) is 2.95. The molecule has 0 bridgehead atoms. The van der Waals surface area contributed by atoms with E-state index in [0.717, 1.165) is 29.0 Å². The summed E-state index contributed by atoms with van der Waals surface area (Å²) in [5.74, 6) is 0.138. The van der Waals surface area contributed by atoms with Crippen LogP contribution in [-0.2, 0) is 0 Å². The maximum Gasteiger partial charge on any atom is 0.265 e. The summed E-state index contributed by atoms with van der Waals surface area (Å²) < 4.78 is 3.87. The van der Waals surface area contributed by atoms with E-state index >= 15 is 0 Å². The van der Waals surface area contributed by atoms with E-state index in [-0.39, 0.29) is 17.4 Å². The first-order valence-electron chi connectivity index (χ1n) is 5.64. The van der Waals surface area contributed by atoms with E-state index in [0.29, 0.717) is 4.88 Å². The molecule has 0 aliphatic heterocycles. The van der Waals surface area contributed by atoms with Crippen LogP contribution in [0.2, 0.25) is 0 Å². The smallest absolute Gasteiger partial charge is 0.265 e. The minimum Gasteiger partial charge on any atom is -0.345 e. The van der Waals surface area contributed by atoms with Gasteiger partial charge >= 0.3 is 0 Å². The molecule has 1 unspecified atom stereocenters. The number of carbonyl (C=O) groups excluding carboxylic acids is 1. The van der Waals surface area contributed by atoms with Gasteiger partial charge in [-0.3, -0.25) is 4.79 Å². The molecule has 1 amide bonds. The summed E-state index contributed by atoms with van der Waals surface area (Å²) in [5, 5.41) is 7.78. The SMILES string of the molecule is CCC(C)(CBr)NC(=O)c1snnc1C(C)C. The summed E-state index contributed by atoms with van der Waals surface area (Å²) in [6, 6.07) is 0. The van der Waals surface area contributed by atoms with Gasteiger partial charge in [-0.1, -0.05) is 41.2 Å². The van der Waals surface area contributed by atoms with Crippen LogP contribution >= 0.6 is 27.5 Å². The maximum absolute atomic E-state index is 12.2. The molecule has 0 saturated heterocycles. The molecule has 0 fully saturated rings. The number of nitrogens with zero attached hydrogens (tertiary/aromatic N) is 2. The number of nitrogens with one attached hydrogen (secondary N) is 1. The number of halogens is 1. The minimum atomic E-state index is -0.227. The van der Waals surface area contributed by atoms with Crippen LogP contribution < -0.4 is 5.32 Å². The van der Waals surface area contributed by atoms with Crippen molar-refractivity contribution in [2.45, 2.75) is 45.6 Å². The first-order valence-corrected chi connectivity index (χ1v) is 7.53. The molecular formula is C11H18BrN3OS. The first kappa shape index (κ1) is 14.6. The summed E-state index contributed by atoms with van der Waals surface area (Å²) in [6.07, 6.45) is 0.868. The van der Waals surface area contributed by atoms with Crippen molar-refractivity contribution in [1.29, 1.82) is 0 Å². The Labute approximate surface area is 114 Å². The summed E-state index contributed by atoms with van der Waals surface area (Å²) in [4.78, 5) is 12.8. The van der Waals surface area contributed by atoms with Crippen molar-refractivity contribution in [1.82, 2.24) is 14.9 Å². The van der Waals surface area contributed by atoms with Gasteiger partial charge in [-0.15, -0.1) is 5.10 Å². The quantitative estimate of drug-likeness (QED) is 0.849. The normalized spacial score (nSPS) is 14.7. The molecule has 0 saturated carbocycles. The second-order valence-corrected chi connectivity index (χ2v) is 5.96. The second-order valence-electron chi connectivity index (χ2n) is 4.64. The Bertz CT molecular complexity index is 388. The Morgan fingerprint density at radius 3 is 2.71 bits per heavy atom. The zero-order valence-corrected chi connectivity index (χ0v) is 13.0. The molecule has 0 aliphatic rings. The molecule has 0 spiro atoms. The van der Waals surface area contributed by atoms with E-state index in [1.807, 2.05) is 20.8 Å². The number of alkyl halides is 1. The molecule has 1 aromatic rings. The number of rotatable bonds is 5. The second kappa shape index (κ2) is 5.91. The van der Waals surface area contributed by atoms with Gasteiger partial charge < -0.3 is 5.32 Å². The monoisotopic (exact) mass is 319 g/mol. The highest BCUT2D eigenvalue weighted by Crippen LogP contribution is 2.21. The van der Waals surface area contributed by atoms with Crippen molar-refractivity contribution < 1.29 is 4.79 Å². The number of hydrogen-bond acceptors (Lipinski definition) is 4. The van der Waals surface area contributed by atoms with Crippen molar-refractivity contribution >= 4 is 33.4 Å². The van der Waals surface area contributed by atoms with Gasteiger partial charge in [0.2, 0.25) is 0 Å². The highest BCUT2D eigenvalue weighted by atomic mass is 79.9. The van der Waals surface area contributed by atoms with Crippen LogP contribution in [0.15, 0.2) is 0 Å². The minimum absolute atomic E-state index is 0.0764. The summed E-state index contributed by atoms with van der Waals surface area (Å²) >= 11 is 4.59. The fourth-order valence-electron chi connectivity index (χ4n) is 1.28. The standard InChI is InChI=1S/C11H18BrN3OS/c1-5-11(4,6-12)13-10(16)9-8(7(2)3)14-15-17-9/h7H,5-6H2,1-4H3,(H,13,16). The molecule has 1 N–H and O–H groups in total. The molecule has 1 heterocycles. The molecule has 96 valence electrons. The fraction of sp³-hybridized carbons (Fsp3) is 0.727. The maximum atomic E-state index is 12.2. The third kappa shape index (κ3) is 3.48. The zero-order chi connectivity index (χ0) is 13.1. The zero-order valence-electron chi connectivity index (χ0n) is 10.6. The lowest BCUT2D eigenvalue weighted by Crippen LogP contribution is -2.47. The molecular weight excluding hydrogens is 302 g/mol. The van der Waals surface area contributed by atoms with Gasteiger partial charge in [-0.05, 0) is 30.8 Å². The molecule has 17 heavy (non-hydrogen) atoms.